The Hall–Kier alpha value is -1.35. The first kappa shape index (κ1) is 11.7. The minimum absolute atomic E-state index is 0.211. The highest BCUT2D eigenvalue weighted by Crippen LogP contribution is 2.17. The lowest BCUT2D eigenvalue weighted by Crippen LogP contribution is -2.07. The summed E-state index contributed by atoms with van der Waals surface area (Å²) in [6.07, 6.45) is 0. The molecular weight excluding hydrogens is 193 g/mol. The molecule has 0 spiro atoms. The van der Waals surface area contributed by atoms with Crippen LogP contribution in [0.25, 0.3) is 5.76 Å². The fourth-order valence-electron chi connectivity index (χ4n) is 1.33. The van der Waals surface area contributed by atoms with E-state index in [1.54, 1.807) is 19.2 Å². The first-order valence-electron chi connectivity index (χ1n) is 4.94. The SMILES string of the molecule is C=C(OCC)c1ccc(F)c(CNC)c1. The molecule has 2 nitrogen and oxygen atoms in total. The molecule has 1 aromatic rings. The number of nitrogens with one attached hydrogen (secondary N) is 1. The molecule has 3 heteroatoms. The van der Waals surface area contributed by atoms with Crippen molar-refractivity contribution in [2.45, 2.75) is 13.5 Å². The van der Waals surface area contributed by atoms with E-state index < -0.39 is 0 Å². The van der Waals surface area contributed by atoms with Gasteiger partial charge in [0.25, 0.3) is 0 Å². The molecule has 0 amide bonds. The van der Waals surface area contributed by atoms with Gasteiger partial charge in [0.1, 0.15) is 11.6 Å². The van der Waals surface area contributed by atoms with Crippen molar-refractivity contribution in [3.63, 3.8) is 0 Å². The maximum atomic E-state index is 13.3. The summed E-state index contributed by atoms with van der Waals surface area (Å²) in [6, 6.07) is 4.86. The van der Waals surface area contributed by atoms with Crippen molar-refractivity contribution >= 4 is 5.76 Å². The zero-order valence-corrected chi connectivity index (χ0v) is 9.14. The third-order valence-corrected chi connectivity index (χ3v) is 2.05. The van der Waals surface area contributed by atoms with Crippen molar-refractivity contribution < 1.29 is 9.13 Å². The second-order valence-electron chi connectivity index (χ2n) is 3.19. The summed E-state index contributed by atoms with van der Waals surface area (Å²) < 4.78 is 18.6. The molecular formula is C12H16FNO. The van der Waals surface area contributed by atoms with Gasteiger partial charge in [-0.15, -0.1) is 0 Å². The van der Waals surface area contributed by atoms with Crippen molar-refractivity contribution in [1.29, 1.82) is 0 Å². The zero-order chi connectivity index (χ0) is 11.3. The molecule has 1 rings (SSSR count). The molecule has 15 heavy (non-hydrogen) atoms. The summed E-state index contributed by atoms with van der Waals surface area (Å²) in [5.74, 6) is 0.368. The van der Waals surface area contributed by atoms with Gasteiger partial charge >= 0.3 is 0 Å². The lowest BCUT2D eigenvalue weighted by Gasteiger charge is -2.09. The van der Waals surface area contributed by atoms with Crippen LogP contribution in [0.5, 0.6) is 0 Å². The van der Waals surface area contributed by atoms with Crippen LogP contribution < -0.4 is 5.32 Å². The predicted molar refractivity (Wildman–Crippen MR) is 59.8 cm³/mol. The lowest BCUT2D eigenvalue weighted by atomic mass is 10.1. The van der Waals surface area contributed by atoms with Crippen LogP contribution >= 0.6 is 0 Å². The summed E-state index contributed by atoms with van der Waals surface area (Å²) >= 11 is 0. The fourth-order valence-corrected chi connectivity index (χ4v) is 1.33. The largest absolute Gasteiger partial charge is 0.494 e. The van der Waals surface area contributed by atoms with Gasteiger partial charge in [-0.1, -0.05) is 6.58 Å². The third kappa shape index (κ3) is 3.06. The second kappa shape index (κ2) is 5.51. The number of ether oxygens (including phenoxy) is 1. The summed E-state index contributed by atoms with van der Waals surface area (Å²) in [5.41, 5.74) is 1.44. The molecule has 0 saturated heterocycles. The Bertz CT molecular complexity index is 349. The Morgan fingerprint density at radius 1 is 1.53 bits per heavy atom. The van der Waals surface area contributed by atoms with Gasteiger partial charge in [0.2, 0.25) is 0 Å². The normalized spacial score (nSPS) is 10.1. The quantitative estimate of drug-likeness (QED) is 0.752. The zero-order valence-electron chi connectivity index (χ0n) is 9.14. The molecule has 0 saturated carbocycles. The van der Waals surface area contributed by atoms with Gasteiger partial charge in [-0.05, 0) is 32.2 Å². The molecule has 1 aromatic carbocycles. The predicted octanol–water partition coefficient (Wildman–Crippen LogP) is 2.55. The second-order valence-corrected chi connectivity index (χ2v) is 3.19. The average Bonchev–Trinajstić information content (AvgIpc) is 2.22. The van der Waals surface area contributed by atoms with Crippen molar-refractivity contribution in [3.8, 4) is 0 Å². The summed E-state index contributed by atoms with van der Waals surface area (Å²) in [4.78, 5) is 0. The maximum Gasteiger partial charge on any atom is 0.127 e. The summed E-state index contributed by atoms with van der Waals surface area (Å²) in [7, 11) is 1.78. The Kier molecular flexibility index (Phi) is 4.31. The maximum absolute atomic E-state index is 13.3. The molecule has 0 aliphatic heterocycles. The van der Waals surface area contributed by atoms with Gasteiger partial charge in [0.05, 0.1) is 6.61 Å². The molecule has 0 fully saturated rings. The van der Waals surface area contributed by atoms with Crippen LogP contribution in [0.15, 0.2) is 24.8 Å². The summed E-state index contributed by atoms with van der Waals surface area (Å²) in [6.45, 7) is 6.74. The van der Waals surface area contributed by atoms with E-state index >= 15 is 0 Å². The number of hydrogen-bond acceptors (Lipinski definition) is 2. The molecule has 0 unspecified atom stereocenters. The van der Waals surface area contributed by atoms with E-state index in [2.05, 4.69) is 11.9 Å². The molecule has 82 valence electrons. The fraction of sp³-hybridized carbons (Fsp3) is 0.333. The van der Waals surface area contributed by atoms with Crippen molar-refractivity contribution in [1.82, 2.24) is 5.32 Å². The van der Waals surface area contributed by atoms with Crippen molar-refractivity contribution in [2.24, 2.45) is 0 Å². The molecule has 0 atom stereocenters. The van der Waals surface area contributed by atoms with E-state index in [1.807, 2.05) is 6.92 Å². The number of rotatable bonds is 5. The van der Waals surface area contributed by atoms with Gasteiger partial charge in [0.15, 0.2) is 0 Å². The molecule has 0 radical (unpaired) electrons. The van der Waals surface area contributed by atoms with Gasteiger partial charge in [0, 0.05) is 17.7 Å². The molecule has 0 aliphatic carbocycles. The van der Waals surface area contributed by atoms with Crippen LogP contribution in [0.1, 0.15) is 18.1 Å². The van der Waals surface area contributed by atoms with E-state index in [4.69, 9.17) is 4.74 Å². The van der Waals surface area contributed by atoms with Crippen LogP contribution in [-0.4, -0.2) is 13.7 Å². The minimum Gasteiger partial charge on any atom is -0.494 e. The highest BCUT2D eigenvalue weighted by Gasteiger charge is 2.05. The Labute approximate surface area is 89.8 Å². The molecule has 0 bridgehead atoms. The van der Waals surface area contributed by atoms with Crippen molar-refractivity contribution in [2.75, 3.05) is 13.7 Å². The lowest BCUT2D eigenvalue weighted by molar-refractivity contribution is 0.299. The highest BCUT2D eigenvalue weighted by molar-refractivity contribution is 5.58. The van der Waals surface area contributed by atoms with Gasteiger partial charge in [-0.25, -0.2) is 4.39 Å². The minimum atomic E-state index is -0.211. The number of benzene rings is 1. The number of halogens is 1. The van der Waals surface area contributed by atoms with Crippen molar-refractivity contribution in [3.05, 3.63) is 41.7 Å². The van der Waals surface area contributed by atoms with E-state index in [0.717, 1.165) is 5.56 Å². The Balaban J connectivity index is 2.91. The van der Waals surface area contributed by atoms with E-state index in [1.165, 1.54) is 6.07 Å². The van der Waals surface area contributed by atoms with Crippen LogP contribution in [0.3, 0.4) is 0 Å². The molecule has 1 N–H and O–H groups in total. The molecule has 0 heterocycles. The topological polar surface area (TPSA) is 21.3 Å². The Morgan fingerprint density at radius 3 is 2.87 bits per heavy atom. The molecule has 0 aromatic heterocycles. The van der Waals surface area contributed by atoms with Crippen LogP contribution in [0.4, 0.5) is 4.39 Å². The van der Waals surface area contributed by atoms with E-state index in [9.17, 15) is 4.39 Å². The van der Waals surface area contributed by atoms with E-state index in [0.29, 0.717) is 24.5 Å². The number of hydrogen-bond donors (Lipinski definition) is 1. The van der Waals surface area contributed by atoms with Gasteiger partial charge in [-0.2, -0.15) is 0 Å². The standard InChI is InChI=1S/C12H16FNO/c1-4-15-9(2)10-5-6-12(13)11(7-10)8-14-3/h5-7,14H,2,4,8H2,1,3H3. The Morgan fingerprint density at radius 2 is 2.27 bits per heavy atom. The first-order chi connectivity index (χ1) is 7.19. The van der Waals surface area contributed by atoms with Crippen LogP contribution in [0.2, 0.25) is 0 Å². The first-order valence-corrected chi connectivity index (χ1v) is 4.94. The van der Waals surface area contributed by atoms with Crippen LogP contribution in [-0.2, 0) is 11.3 Å². The molecule has 0 aliphatic rings. The van der Waals surface area contributed by atoms with Gasteiger partial charge in [-0.3, -0.25) is 0 Å². The highest BCUT2D eigenvalue weighted by atomic mass is 19.1. The monoisotopic (exact) mass is 209 g/mol. The van der Waals surface area contributed by atoms with E-state index in [-0.39, 0.29) is 5.82 Å². The third-order valence-electron chi connectivity index (χ3n) is 2.05. The average molecular weight is 209 g/mol. The van der Waals surface area contributed by atoms with Crippen LogP contribution in [0, 0.1) is 5.82 Å². The smallest absolute Gasteiger partial charge is 0.127 e. The van der Waals surface area contributed by atoms with Gasteiger partial charge < -0.3 is 10.1 Å². The summed E-state index contributed by atoms with van der Waals surface area (Å²) in [5, 5.41) is 2.91.